The predicted octanol–water partition coefficient (Wildman–Crippen LogP) is 4.17. The summed E-state index contributed by atoms with van der Waals surface area (Å²) in [5.74, 6) is -0.360. The van der Waals surface area contributed by atoms with E-state index in [1.807, 2.05) is 0 Å². The highest BCUT2D eigenvalue weighted by atomic mass is 79.9. The van der Waals surface area contributed by atoms with Gasteiger partial charge in [0.15, 0.2) is 11.5 Å². The van der Waals surface area contributed by atoms with Gasteiger partial charge in [0.05, 0.1) is 4.47 Å². The Morgan fingerprint density at radius 2 is 1.95 bits per heavy atom. The van der Waals surface area contributed by atoms with E-state index in [4.69, 9.17) is 4.74 Å². The monoisotopic (exact) mass is 404 g/mol. The molecule has 0 amide bonds. The highest BCUT2D eigenvalue weighted by Gasteiger charge is 2.15. The standard InChI is InChI=1S/C14H11Br2FO3/c15-8-4-5-9(11(17)6-8)12(18)7-20-13-3-1-2-10(16)14(13)19/h1-6,12,18-19H,7H2. The zero-order valence-electron chi connectivity index (χ0n) is 10.2. The third-order valence-electron chi connectivity index (χ3n) is 2.67. The highest BCUT2D eigenvalue weighted by molar-refractivity contribution is 9.10. The van der Waals surface area contributed by atoms with E-state index >= 15 is 0 Å². The molecule has 0 saturated heterocycles. The average Bonchev–Trinajstić information content (AvgIpc) is 2.40. The first-order valence-corrected chi connectivity index (χ1v) is 7.31. The highest BCUT2D eigenvalue weighted by Crippen LogP contribution is 2.34. The Labute approximate surface area is 132 Å². The van der Waals surface area contributed by atoms with Crippen LogP contribution < -0.4 is 4.74 Å². The van der Waals surface area contributed by atoms with E-state index in [2.05, 4.69) is 31.9 Å². The van der Waals surface area contributed by atoms with Crippen LogP contribution in [0.1, 0.15) is 11.7 Å². The van der Waals surface area contributed by atoms with E-state index in [1.54, 1.807) is 24.3 Å². The summed E-state index contributed by atoms with van der Waals surface area (Å²) in [6.07, 6.45) is -1.12. The molecule has 3 nitrogen and oxygen atoms in total. The summed E-state index contributed by atoms with van der Waals surface area (Å²) in [6, 6.07) is 9.30. The quantitative estimate of drug-likeness (QED) is 0.802. The predicted molar refractivity (Wildman–Crippen MR) is 80.4 cm³/mol. The van der Waals surface area contributed by atoms with Crippen LogP contribution in [0.25, 0.3) is 0 Å². The van der Waals surface area contributed by atoms with E-state index in [0.717, 1.165) is 0 Å². The minimum atomic E-state index is -1.12. The fourth-order valence-corrected chi connectivity index (χ4v) is 2.32. The number of benzene rings is 2. The number of para-hydroxylation sites is 1. The molecular formula is C14H11Br2FO3. The number of phenols is 1. The van der Waals surface area contributed by atoms with Gasteiger partial charge in [0, 0.05) is 10.0 Å². The lowest BCUT2D eigenvalue weighted by atomic mass is 10.1. The molecule has 0 bridgehead atoms. The molecule has 106 valence electrons. The van der Waals surface area contributed by atoms with E-state index in [-0.39, 0.29) is 23.7 Å². The summed E-state index contributed by atoms with van der Waals surface area (Å²) in [7, 11) is 0. The average molecular weight is 406 g/mol. The lowest BCUT2D eigenvalue weighted by molar-refractivity contribution is 0.103. The molecule has 2 N–H and O–H groups in total. The first-order chi connectivity index (χ1) is 9.49. The fraction of sp³-hybridized carbons (Fsp3) is 0.143. The maximum absolute atomic E-state index is 13.7. The van der Waals surface area contributed by atoms with Crippen LogP contribution in [-0.2, 0) is 0 Å². The van der Waals surface area contributed by atoms with E-state index in [0.29, 0.717) is 8.95 Å². The minimum absolute atomic E-state index is 0.0593. The molecule has 1 unspecified atom stereocenters. The van der Waals surface area contributed by atoms with Crippen molar-refractivity contribution in [3.05, 3.63) is 56.7 Å². The van der Waals surface area contributed by atoms with Gasteiger partial charge in [-0.2, -0.15) is 0 Å². The number of phenolic OH excluding ortho intramolecular Hbond substituents is 1. The van der Waals surface area contributed by atoms with Crippen molar-refractivity contribution >= 4 is 31.9 Å². The maximum Gasteiger partial charge on any atom is 0.172 e. The summed E-state index contributed by atoms with van der Waals surface area (Å²) in [5, 5.41) is 19.7. The van der Waals surface area contributed by atoms with Crippen molar-refractivity contribution in [2.24, 2.45) is 0 Å². The van der Waals surface area contributed by atoms with Gasteiger partial charge < -0.3 is 14.9 Å². The number of ether oxygens (including phenoxy) is 1. The van der Waals surface area contributed by atoms with Crippen LogP contribution in [0.4, 0.5) is 4.39 Å². The Balaban J connectivity index is 2.08. The molecule has 1 atom stereocenters. The Morgan fingerprint density at radius 3 is 2.65 bits per heavy atom. The van der Waals surface area contributed by atoms with E-state index in [1.165, 1.54) is 12.1 Å². The van der Waals surface area contributed by atoms with Crippen molar-refractivity contribution in [2.75, 3.05) is 6.61 Å². The van der Waals surface area contributed by atoms with Gasteiger partial charge in [-0.3, -0.25) is 0 Å². The van der Waals surface area contributed by atoms with Crippen LogP contribution in [0.5, 0.6) is 11.5 Å². The summed E-state index contributed by atoms with van der Waals surface area (Å²) < 4.78 is 20.1. The van der Waals surface area contributed by atoms with Gasteiger partial charge in [-0.15, -0.1) is 0 Å². The normalized spacial score (nSPS) is 12.2. The van der Waals surface area contributed by atoms with Crippen molar-refractivity contribution in [1.82, 2.24) is 0 Å². The second kappa shape index (κ2) is 6.56. The number of hydrogen-bond acceptors (Lipinski definition) is 3. The van der Waals surface area contributed by atoms with Crippen LogP contribution in [0.15, 0.2) is 45.3 Å². The van der Waals surface area contributed by atoms with Crippen LogP contribution in [0.2, 0.25) is 0 Å². The Kier molecular flexibility index (Phi) is 5.01. The van der Waals surface area contributed by atoms with E-state index < -0.39 is 11.9 Å². The van der Waals surface area contributed by atoms with Crippen molar-refractivity contribution in [1.29, 1.82) is 0 Å². The molecule has 0 aliphatic carbocycles. The fourth-order valence-electron chi connectivity index (χ4n) is 1.64. The molecule has 2 aromatic carbocycles. The molecule has 0 heterocycles. The van der Waals surface area contributed by atoms with Crippen LogP contribution >= 0.6 is 31.9 Å². The van der Waals surface area contributed by atoms with Crippen molar-refractivity contribution in [2.45, 2.75) is 6.10 Å². The van der Waals surface area contributed by atoms with Crippen molar-refractivity contribution in [3.63, 3.8) is 0 Å². The lowest BCUT2D eigenvalue weighted by Gasteiger charge is -2.14. The summed E-state index contributed by atoms with van der Waals surface area (Å²) in [4.78, 5) is 0. The Hall–Kier alpha value is -1.11. The van der Waals surface area contributed by atoms with E-state index in [9.17, 15) is 14.6 Å². The number of rotatable bonds is 4. The second-order valence-corrected chi connectivity index (χ2v) is 5.85. The topological polar surface area (TPSA) is 49.7 Å². The van der Waals surface area contributed by atoms with Gasteiger partial charge in [-0.05, 0) is 40.2 Å². The van der Waals surface area contributed by atoms with Crippen molar-refractivity contribution < 1.29 is 19.3 Å². The number of aromatic hydroxyl groups is 1. The maximum atomic E-state index is 13.7. The third-order valence-corrected chi connectivity index (χ3v) is 3.80. The number of halogens is 3. The van der Waals surface area contributed by atoms with Crippen LogP contribution in [-0.4, -0.2) is 16.8 Å². The molecule has 0 aromatic heterocycles. The number of aliphatic hydroxyl groups is 1. The van der Waals surface area contributed by atoms with Gasteiger partial charge in [0.2, 0.25) is 0 Å². The van der Waals surface area contributed by atoms with Crippen LogP contribution in [0.3, 0.4) is 0 Å². The molecule has 0 aliphatic rings. The van der Waals surface area contributed by atoms with Gasteiger partial charge in [-0.1, -0.05) is 28.1 Å². The molecule has 20 heavy (non-hydrogen) atoms. The summed E-state index contributed by atoms with van der Waals surface area (Å²) >= 11 is 6.31. The SMILES string of the molecule is Oc1c(Br)cccc1OCC(O)c1ccc(Br)cc1F. The molecule has 0 aliphatic heterocycles. The molecule has 0 fully saturated rings. The second-order valence-electron chi connectivity index (χ2n) is 4.08. The lowest BCUT2D eigenvalue weighted by Crippen LogP contribution is -2.11. The van der Waals surface area contributed by atoms with Crippen molar-refractivity contribution in [3.8, 4) is 11.5 Å². The smallest absolute Gasteiger partial charge is 0.172 e. The van der Waals surface area contributed by atoms with Gasteiger partial charge >= 0.3 is 0 Å². The number of hydrogen-bond donors (Lipinski definition) is 2. The zero-order valence-corrected chi connectivity index (χ0v) is 13.4. The minimum Gasteiger partial charge on any atom is -0.503 e. The molecule has 6 heteroatoms. The molecule has 2 rings (SSSR count). The molecule has 0 saturated carbocycles. The number of aliphatic hydroxyl groups excluding tert-OH is 1. The van der Waals surface area contributed by atoms with Gasteiger partial charge in [0.25, 0.3) is 0 Å². The molecule has 2 aromatic rings. The first kappa shape index (κ1) is 15.3. The summed E-state index contributed by atoms with van der Waals surface area (Å²) in [6.45, 7) is -0.164. The molecule has 0 radical (unpaired) electrons. The third kappa shape index (κ3) is 3.50. The first-order valence-electron chi connectivity index (χ1n) is 5.72. The van der Waals surface area contributed by atoms with Crippen LogP contribution in [0, 0.1) is 5.82 Å². The van der Waals surface area contributed by atoms with Gasteiger partial charge in [-0.25, -0.2) is 4.39 Å². The zero-order chi connectivity index (χ0) is 14.7. The Bertz CT molecular complexity index is 619. The Morgan fingerprint density at radius 1 is 1.20 bits per heavy atom. The molecular weight excluding hydrogens is 395 g/mol. The summed E-state index contributed by atoms with van der Waals surface area (Å²) in [5.41, 5.74) is 0.141. The molecule has 0 spiro atoms. The largest absolute Gasteiger partial charge is 0.503 e. The van der Waals surface area contributed by atoms with Gasteiger partial charge in [0.1, 0.15) is 18.5 Å².